The summed E-state index contributed by atoms with van der Waals surface area (Å²) in [5, 5.41) is 0.899. The summed E-state index contributed by atoms with van der Waals surface area (Å²) < 4.78 is 5.37. The molecule has 2 atom stereocenters. The zero-order valence-corrected chi connectivity index (χ0v) is 12.3. The topological polar surface area (TPSA) is 26.3 Å². The van der Waals surface area contributed by atoms with E-state index in [4.69, 9.17) is 27.9 Å². The normalized spacial score (nSPS) is 28.1. The van der Waals surface area contributed by atoms with Crippen molar-refractivity contribution in [3.63, 3.8) is 0 Å². The maximum Gasteiger partial charge on any atom is 0.167 e. The van der Waals surface area contributed by atoms with E-state index in [-0.39, 0.29) is 11.7 Å². The monoisotopic (exact) mass is 298 g/mol. The van der Waals surface area contributed by atoms with Crippen LogP contribution in [0.4, 0.5) is 0 Å². The van der Waals surface area contributed by atoms with Gasteiger partial charge in [0.1, 0.15) is 5.75 Å². The fourth-order valence-electron chi connectivity index (χ4n) is 3.13. The molecule has 3 rings (SSSR count). The number of carbonyl (C=O) groups is 1. The number of ketones is 1. The van der Waals surface area contributed by atoms with Crippen LogP contribution in [0.2, 0.25) is 10.0 Å². The van der Waals surface area contributed by atoms with Gasteiger partial charge in [0, 0.05) is 17.5 Å². The molecule has 0 aromatic heterocycles. The van der Waals surface area contributed by atoms with E-state index in [1.807, 2.05) is 6.92 Å². The summed E-state index contributed by atoms with van der Waals surface area (Å²) in [6.07, 6.45) is 3.34. The smallest absolute Gasteiger partial charge is 0.167 e. The molecule has 1 aromatic carbocycles. The summed E-state index contributed by atoms with van der Waals surface area (Å²) in [7, 11) is 0. The molecule has 2 unspecified atom stereocenters. The standard InChI is InChI=1S/C15H16Cl2O2/c1-2-19-14-7-12(16)11(6-13(14)17)15(18)10-4-8-3-9(8)5-10/h6-10H,2-5H2,1H3. The lowest BCUT2D eigenvalue weighted by Crippen LogP contribution is -2.13. The molecule has 1 aromatic rings. The molecule has 2 nitrogen and oxygen atoms in total. The highest BCUT2D eigenvalue weighted by Crippen LogP contribution is 2.55. The number of carbonyl (C=O) groups excluding carboxylic acids is 1. The molecule has 0 bridgehead atoms. The van der Waals surface area contributed by atoms with Gasteiger partial charge in [-0.05, 0) is 44.1 Å². The quantitative estimate of drug-likeness (QED) is 0.758. The van der Waals surface area contributed by atoms with E-state index in [0.717, 1.165) is 24.7 Å². The number of hydrogen-bond acceptors (Lipinski definition) is 2. The van der Waals surface area contributed by atoms with Crippen molar-refractivity contribution >= 4 is 29.0 Å². The fraction of sp³-hybridized carbons (Fsp3) is 0.533. The second-order valence-corrected chi connectivity index (χ2v) is 6.30. The van der Waals surface area contributed by atoms with E-state index >= 15 is 0 Å². The summed E-state index contributed by atoms with van der Waals surface area (Å²) >= 11 is 12.3. The molecule has 2 saturated carbocycles. The summed E-state index contributed by atoms with van der Waals surface area (Å²) in [6.45, 7) is 2.41. The molecule has 0 spiro atoms. The van der Waals surface area contributed by atoms with Crippen LogP contribution in [0.1, 0.15) is 36.5 Å². The Morgan fingerprint density at radius 3 is 2.53 bits per heavy atom. The van der Waals surface area contributed by atoms with Crippen LogP contribution in [0.25, 0.3) is 0 Å². The molecule has 102 valence electrons. The van der Waals surface area contributed by atoms with Crippen molar-refractivity contribution in [1.82, 2.24) is 0 Å². The number of benzene rings is 1. The maximum atomic E-state index is 12.5. The molecule has 0 N–H and O–H groups in total. The average Bonchev–Trinajstić information content (AvgIpc) is 3.00. The SMILES string of the molecule is CCOc1cc(Cl)c(C(=O)C2CC3CC3C2)cc1Cl. The first-order valence-corrected chi connectivity index (χ1v) is 7.51. The van der Waals surface area contributed by atoms with Crippen molar-refractivity contribution in [3.05, 3.63) is 27.7 Å². The predicted molar refractivity (Wildman–Crippen MR) is 76.3 cm³/mol. The van der Waals surface area contributed by atoms with E-state index < -0.39 is 0 Å². The van der Waals surface area contributed by atoms with Gasteiger partial charge in [-0.1, -0.05) is 23.2 Å². The highest BCUT2D eigenvalue weighted by molar-refractivity contribution is 6.36. The minimum atomic E-state index is 0.135. The first-order valence-electron chi connectivity index (χ1n) is 6.76. The van der Waals surface area contributed by atoms with Gasteiger partial charge in [0.2, 0.25) is 0 Å². The van der Waals surface area contributed by atoms with Gasteiger partial charge in [-0.2, -0.15) is 0 Å². The third-order valence-corrected chi connectivity index (χ3v) is 4.81. The number of rotatable bonds is 4. The van der Waals surface area contributed by atoms with E-state index in [0.29, 0.717) is 28.0 Å². The average molecular weight is 299 g/mol. The number of ether oxygens (including phenoxy) is 1. The van der Waals surface area contributed by atoms with E-state index in [1.165, 1.54) is 6.42 Å². The van der Waals surface area contributed by atoms with Gasteiger partial charge in [0.25, 0.3) is 0 Å². The third-order valence-electron chi connectivity index (χ3n) is 4.20. The molecule has 2 aliphatic rings. The van der Waals surface area contributed by atoms with Gasteiger partial charge in [-0.15, -0.1) is 0 Å². The molecule has 2 aliphatic carbocycles. The van der Waals surface area contributed by atoms with Crippen molar-refractivity contribution < 1.29 is 9.53 Å². The van der Waals surface area contributed by atoms with E-state index in [9.17, 15) is 4.79 Å². The predicted octanol–water partition coefficient (Wildman–Crippen LogP) is 4.62. The van der Waals surface area contributed by atoms with Crippen molar-refractivity contribution in [2.45, 2.75) is 26.2 Å². The third kappa shape index (κ3) is 2.48. The molecule has 0 amide bonds. The Labute approximate surface area is 123 Å². The molecule has 4 heteroatoms. The van der Waals surface area contributed by atoms with Gasteiger partial charge in [0.15, 0.2) is 5.78 Å². The van der Waals surface area contributed by atoms with Crippen LogP contribution in [0.3, 0.4) is 0 Å². The molecule has 0 radical (unpaired) electrons. The first-order chi connectivity index (χ1) is 9.10. The number of Topliss-reactive ketones (excluding diaryl/α,β-unsaturated/α-hetero) is 1. The van der Waals surface area contributed by atoms with Crippen molar-refractivity contribution in [1.29, 1.82) is 0 Å². The second kappa shape index (κ2) is 4.99. The van der Waals surface area contributed by atoms with E-state index in [1.54, 1.807) is 12.1 Å². The Balaban J connectivity index is 1.83. The Morgan fingerprint density at radius 1 is 1.21 bits per heavy atom. The molecule has 0 heterocycles. The number of halogens is 2. The summed E-state index contributed by atoms with van der Waals surface area (Å²) in [5.41, 5.74) is 0.543. The molecular weight excluding hydrogens is 283 g/mol. The van der Waals surface area contributed by atoms with Crippen LogP contribution < -0.4 is 4.74 Å². The van der Waals surface area contributed by atoms with Gasteiger partial charge < -0.3 is 4.74 Å². The molecule has 0 aliphatic heterocycles. The van der Waals surface area contributed by atoms with Crippen LogP contribution in [0.15, 0.2) is 12.1 Å². The van der Waals surface area contributed by atoms with Crippen LogP contribution in [-0.4, -0.2) is 12.4 Å². The zero-order chi connectivity index (χ0) is 13.6. The second-order valence-electron chi connectivity index (χ2n) is 5.48. The highest BCUT2D eigenvalue weighted by atomic mass is 35.5. The molecule has 19 heavy (non-hydrogen) atoms. The Bertz CT molecular complexity index is 517. The van der Waals surface area contributed by atoms with Gasteiger partial charge in [-0.3, -0.25) is 4.79 Å². The molecular formula is C15H16Cl2O2. The Hall–Kier alpha value is -0.730. The van der Waals surface area contributed by atoms with Crippen molar-refractivity contribution in [2.24, 2.45) is 17.8 Å². The van der Waals surface area contributed by atoms with Gasteiger partial charge in [-0.25, -0.2) is 0 Å². The highest BCUT2D eigenvalue weighted by Gasteiger charge is 2.48. The lowest BCUT2D eigenvalue weighted by atomic mass is 9.93. The van der Waals surface area contributed by atoms with Crippen molar-refractivity contribution in [2.75, 3.05) is 6.61 Å². The molecule has 0 saturated heterocycles. The van der Waals surface area contributed by atoms with Gasteiger partial charge in [0.05, 0.1) is 16.7 Å². The number of fused-ring (bicyclic) bond motifs is 1. The largest absolute Gasteiger partial charge is 0.492 e. The summed E-state index contributed by atoms with van der Waals surface area (Å²) in [6, 6.07) is 3.30. The fourth-order valence-corrected chi connectivity index (χ4v) is 3.60. The zero-order valence-electron chi connectivity index (χ0n) is 10.8. The Morgan fingerprint density at radius 2 is 1.89 bits per heavy atom. The Kier molecular flexibility index (Phi) is 3.48. The molecule has 2 fully saturated rings. The van der Waals surface area contributed by atoms with Crippen LogP contribution >= 0.6 is 23.2 Å². The lowest BCUT2D eigenvalue weighted by molar-refractivity contribution is 0.0914. The lowest BCUT2D eigenvalue weighted by Gasteiger charge is -2.14. The summed E-state index contributed by atoms with van der Waals surface area (Å²) in [4.78, 5) is 12.5. The number of hydrogen-bond donors (Lipinski definition) is 0. The van der Waals surface area contributed by atoms with Crippen molar-refractivity contribution in [3.8, 4) is 5.75 Å². The van der Waals surface area contributed by atoms with Crippen LogP contribution in [-0.2, 0) is 0 Å². The van der Waals surface area contributed by atoms with Crippen LogP contribution in [0.5, 0.6) is 5.75 Å². The van der Waals surface area contributed by atoms with Gasteiger partial charge >= 0.3 is 0 Å². The first kappa shape index (κ1) is 13.3. The summed E-state index contributed by atoms with van der Waals surface area (Å²) in [5.74, 6) is 2.38. The van der Waals surface area contributed by atoms with E-state index in [2.05, 4.69) is 0 Å². The minimum absolute atomic E-state index is 0.135. The minimum Gasteiger partial charge on any atom is -0.492 e. The maximum absolute atomic E-state index is 12.5. The van der Waals surface area contributed by atoms with Crippen LogP contribution in [0, 0.1) is 17.8 Å².